The van der Waals surface area contributed by atoms with Crippen molar-refractivity contribution < 1.29 is 19.7 Å². The van der Waals surface area contributed by atoms with Crippen molar-refractivity contribution in [2.45, 2.75) is 31.8 Å². The fourth-order valence-electron chi connectivity index (χ4n) is 4.31. The molecule has 0 aliphatic carbocycles. The summed E-state index contributed by atoms with van der Waals surface area (Å²) in [6.07, 6.45) is 3.34. The van der Waals surface area contributed by atoms with E-state index in [0.29, 0.717) is 11.8 Å². The molecule has 0 bridgehead atoms. The van der Waals surface area contributed by atoms with E-state index < -0.39 is 5.97 Å². The molecule has 1 aromatic rings. The highest BCUT2D eigenvalue weighted by molar-refractivity contribution is 5.68. The van der Waals surface area contributed by atoms with Gasteiger partial charge in [-0.1, -0.05) is 12.1 Å². The number of carboxylic acids is 1. The standard InChI is InChI=1S/C19H28N2O4/c1-20-9-2-7-19(14-22)8-10-21(12-17(19)20)11-15-3-5-16(6-4-15)25-13-18(23)24/h3-6,17,22H,2,7-14H2,1H3,(H,23,24)/t17-,19-/m1/s1. The highest BCUT2D eigenvalue weighted by Gasteiger charge is 2.46. The minimum atomic E-state index is -0.971. The van der Waals surface area contributed by atoms with Gasteiger partial charge in [0.1, 0.15) is 5.75 Å². The minimum Gasteiger partial charge on any atom is -0.482 e. The number of ether oxygens (including phenoxy) is 1. The number of aliphatic hydroxyl groups excluding tert-OH is 1. The van der Waals surface area contributed by atoms with Crippen molar-refractivity contribution in [3.05, 3.63) is 29.8 Å². The fourth-order valence-corrected chi connectivity index (χ4v) is 4.31. The predicted octanol–water partition coefficient (Wildman–Crippen LogP) is 1.43. The van der Waals surface area contributed by atoms with Gasteiger partial charge in [-0.25, -0.2) is 4.79 Å². The molecule has 1 aromatic carbocycles. The first-order chi connectivity index (χ1) is 12.0. The fraction of sp³-hybridized carbons (Fsp3) is 0.632. The number of aliphatic hydroxyl groups is 1. The zero-order valence-electron chi connectivity index (χ0n) is 14.9. The number of piperidine rings is 2. The lowest BCUT2D eigenvalue weighted by Gasteiger charge is -2.53. The van der Waals surface area contributed by atoms with Crippen molar-refractivity contribution in [1.29, 1.82) is 0 Å². The molecule has 0 amide bonds. The first kappa shape index (κ1) is 18.2. The Hall–Kier alpha value is -1.63. The highest BCUT2D eigenvalue weighted by atomic mass is 16.5. The Morgan fingerprint density at radius 1 is 1.28 bits per heavy atom. The van der Waals surface area contributed by atoms with Gasteiger partial charge < -0.3 is 19.8 Å². The number of hydrogen-bond acceptors (Lipinski definition) is 5. The first-order valence-electron chi connectivity index (χ1n) is 8.99. The Morgan fingerprint density at radius 3 is 2.72 bits per heavy atom. The van der Waals surface area contributed by atoms with Crippen LogP contribution >= 0.6 is 0 Å². The maximum Gasteiger partial charge on any atom is 0.341 e. The summed E-state index contributed by atoms with van der Waals surface area (Å²) in [5, 5.41) is 18.6. The number of carbonyl (C=O) groups is 1. The lowest BCUT2D eigenvalue weighted by molar-refractivity contribution is -0.139. The summed E-state index contributed by atoms with van der Waals surface area (Å²) in [5.41, 5.74) is 1.26. The van der Waals surface area contributed by atoms with Crippen molar-refractivity contribution in [1.82, 2.24) is 9.80 Å². The number of carboxylic acid groups (broad SMARTS) is 1. The third-order valence-electron chi connectivity index (χ3n) is 5.79. The SMILES string of the molecule is CN1CCC[C@]2(CO)CCN(Cc3ccc(OCC(=O)O)cc3)C[C@@H]12. The van der Waals surface area contributed by atoms with Gasteiger partial charge >= 0.3 is 5.97 Å². The van der Waals surface area contributed by atoms with E-state index >= 15 is 0 Å². The molecule has 6 nitrogen and oxygen atoms in total. The van der Waals surface area contributed by atoms with Gasteiger partial charge in [0.05, 0.1) is 6.61 Å². The second kappa shape index (κ2) is 7.72. The molecule has 0 unspecified atom stereocenters. The summed E-state index contributed by atoms with van der Waals surface area (Å²) >= 11 is 0. The summed E-state index contributed by atoms with van der Waals surface area (Å²) in [5.74, 6) is -0.391. The number of hydrogen-bond donors (Lipinski definition) is 2. The van der Waals surface area contributed by atoms with E-state index in [4.69, 9.17) is 9.84 Å². The second-order valence-corrected chi connectivity index (χ2v) is 7.43. The molecular weight excluding hydrogens is 320 g/mol. The van der Waals surface area contributed by atoms with Gasteiger partial charge in [0, 0.05) is 24.5 Å². The second-order valence-electron chi connectivity index (χ2n) is 7.43. The van der Waals surface area contributed by atoms with Gasteiger partial charge in [-0.15, -0.1) is 0 Å². The van der Waals surface area contributed by atoms with Crippen molar-refractivity contribution >= 4 is 5.97 Å². The number of aliphatic carboxylic acids is 1. The number of likely N-dealkylation sites (tertiary alicyclic amines) is 2. The van der Waals surface area contributed by atoms with E-state index in [0.717, 1.165) is 39.0 Å². The third-order valence-corrected chi connectivity index (χ3v) is 5.79. The maximum absolute atomic E-state index is 10.5. The van der Waals surface area contributed by atoms with Crippen LogP contribution in [0, 0.1) is 5.41 Å². The van der Waals surface area contributed by atoms with E-state index in [1.54, 1.807) is 0 Å². The van der Waals surface area contributed by atoms with Crippen LogP contribution in [-0.4, -0.2) is 71.9 Å². The summed E-state index contributed by atoms with van der Waals surface area (Å²) in [4.78, 5) is 15.4. The van der Waals surface area contributed by atoms with Gasteiger partial charge in [0.15, 0.2) is 6.61 Å². The Balaban J connectivity index is 1.59. The van der Waals surface area contributed by atoms with Gasteiger partial charge in [0.25, 0.3) is 0 Å². The number of benzene rings is 1. The molecule has 2 aliphatic rings. The smallest absolute Gasteiger partial charge is 0.341 e. The molecule has 3 rings (SSSR count). The largest absolute Gasteiger partial charge is 0.482 e. The van der Waals surface area contributed by atoms with Crippen molar-refractivity contribution in [3.8, 4) is 5.75 Å². The average Bonchev–Trinajstić information content (AvgIpc) is 2.62. The van der Waals surface area contributed by atoms with Crippen LogP contribution in [0.25, 0.3) is 0 Å². The maximum atomic E-state index is 10.5. The lowest BCUT2D eigenvalue weighted by atomic mass is 9.69. The van der Waals surface area contributed by atoms with E-state index in [1.165, 1.54) is 12.0 Å². The molecule has 0 spiro atoms. The van der Waals surface area contributed by atoms with Crippen LogP contribution in [0.5, 0.6) is 5.75 Å². The summed E-state index contributed by atoms with van der Waals surface area (Å²) in [6, 6.07) is 8.06. The summed E-state index contributed by atoms with van der Waals surface area (Å²) in [7, 11) is 2.17. The van der Waals surface area contributed by atoms with Crippen LogP contribution in [0.2, 0.25) is 0 Å². The van der Waals surface area contributed by atoms with E-state index in [9.17, 15) is 9.90 Å². The Morgan fingerprint density at radius 2 is 2.04 bits per heavy atom. The monoisotopic (exact) mass is 348 g/mol. The molecule has 2 fully saturated rings. The molecule has 0 radical (unpaired) electrons. The van der Waals surface area contributed by atoms with Crippen LogP contribution in [0.1, 0.15) is 24.8 Å². The molecule has 25 heavy (non-hydrogen) atoms. The predicted molar refractivity (Wildman–Crippen MR) is 94.6 cm³/mol. The van der Waals surface area contributed by atoms with E-state index in [2.05, 4.69) is 16.8 Å². The molecule has 2 N–H and O–H groups in total. The third kappa shape index (κ3) is 4.14. The molecule has 2 atom stereocenters. The molecule has 138 valence electrons. The Labute approximate surface area is 149 Å². The van der Waals surface area contributed by atoms with Crippen molar-refractivity contribution in [2.75, 3.05) is 39.9 Å². The van der Waals surface area contributed by atoms with E-state index in [1.807, 2.05) is 24.3 Å². The van der Waals surface area contributed by atoms with Gasteiger partial charge in [-0.2, -0.15) is 0 Å². The molecule has 2 saturated heterocycles. The number of likely N-dealkylation sites (N-methyl/N-ethyl adjacent to an activating group) is 1. The number of rotatable bonds is 6. The quantitative estimate of drug-likeness (QED) is 0.810. The minimum absolute atomic E-state index is 0.0675. The lowest BCUT2D eigenvalue weighted by Crippen LogP contribution is -2.61. The molecular formula is C19H28N2O4. The van der Waals surface area contributed by atoms with Crippen molar-refractivity contribution in [2.24, 2.45) is 5.41 Å². The van der Waals surface area contributed by atoms with Crippen molar-refractivity contribution in [3.63, 3.8) is 0 Å². The Kier molecular flexibility index (Phi) is 5.61. The normalized spacial score (nSPS) is 27.7. The van der Waals surface area contributed by atoms with Crippen LogP contribution < -0.4 is 4.74 Å². The van der Waals surface area contributed by atoms with Crippen LogP contribution in [0.4, 0.5) is 0 Å². The van der Waals surface area contributed by atoms with E-state index in [-0.39, 0.29) is 18.6 Å². The Bertz CT molecular complexity index is 592. The number of nitrogens with zero attached hydrogens (tertiary/aromatic N) is 2. The zero-order valence-corrected chi connectivity index (χ0v) is 14.9. The van der Waals surface area contributed by atoms with Gasteiger partial charge in [-0.3, -0.25) is 4.90 Å². The highest BCUT2D eigenvalue weighted by Crippen LogP contribution is 2.41. The van der Waals surface area contributed by atoms with Crippen LogP contribution in [0.3, 0.4) is 0 Å². The molecule has 2 heterocycles. The topological polar surface area (TPSA) is 73.2 Å². The summed E-state index contributed by atoms with van der Waals surface area (Å²) in [6.45, 7) is 3.92. The van der Waals surface area contributed by atoms with Crippen LogP contribution in [0.15, 0.2) is 24.3 Å². The number of fused-ring (bicyclic) bond motifs is 1. The molecule has 0 aromatic heterocycles. The molecule has 6 heteroatoms. The van der Waals surface area contributed by atoms with Crippen LogP contribution in [-0.2, 0) is 11.3 Å². The zero-order chi connectivity index (χ0) is 17.9. The average molecular weight is 348 g/mol. The van der Waals surface area contributed by atoms with Gasteiger partial charge in [-0.05, 0) is 57.1 Å². The molecule has 2 aliphatic heterocycles. The first-order valence-corrected chi connectivity index (χ1v) is 8.99. The summed E-state index contributed by atoms with van der Waals surface area (Å²) < 4.78 is 5.18. The molecule has 0 saturated carbocycles. The van der Waals surface area contributed by atoms with Gasteiger partial charge in [0.2, 0.25) is 0 Å².